The molecule has 15 nitrogen and oxygen atoms in total. The monoisotopic (exact) mass is 458 g/mol. The fourth-order valence-electron chi connectivity index (χ4n) is 2.92. The summed E-state index contributed by atoms with van der Waals surface area (Å²) in [5.74, 6) is -7.98. The Hall–Kier alpha value is -3.75. The van der Waals surface area contributed by atoms with E-state index in [-0.39, 0.29) is 0 Å². The SMILES string of the molecule is NC(=O)CC(NC(=O)C(CC(N)=O)NC(=O)C1CCCN1)C(=O)NC(CC(=O)O)C(=O)O. The topological polar surface area (TPSA) is 260 Å². The average molecular weight is 458 g/mol. The van der Waals surface area contributed by atoms with Gasteiger partial charge < -0.3 is 42.9 Å². The molecule has 15 heteroatoms. The van der Waals surface area contributed by atoms with Crippen molar-refractivity contribution >= 4 is 41.5 Å². The Bertz CT molecular complexity index is 780. The Morgan fingerprint density at radius 2 is 1.31 bits per heavy atom. The predicted octanol–water partition coefficient (Wildman–Crippen LogP) is -4.50. The molecule has 10 N–H and O–H groups in total. The van der Waals surface area contributed by atoms with Crippen LogP contribution in [-0.2, 0) is 33.6 Å². The van der Waals surface area contributed by atoms with Crippen LogP contribution in [0, 0.1) is 0 Å². The Kier molecular flexibility index (Phi) is 10.0. The second-order valence-electron chi connectivity index (χ2n) is 7.11. The van der Waals surface area contributed by atoms with Gasteiger partial charge in [-0.15, -0.1) is 0 Å². The maximum atomic E-state index is 12.6. The van der Waals surface area contributed by atoms with Crippen molar-refractivity contribution in [3.8, 4) is 0 Å². The van der Waals surface area contributed by atoms with E-state index in [2.05, 4.69) is 16.0 Å². The third kappa shape index (κ3) is 8.95. The van der Waals surface area contributed by atoms with Crippen LogP contribution in [0.5, 0.6) is 0 Å². The van der Waals surface area contributed by atoms with E-state index < -0.39 is 84.9 Å². The molecule has 0 radical (unpaired) electrons. The maximum Gasteiger partial charge on any atom is 0.326 e. The standard InChI is InChI=1S/C17H26N6O9/c18-11(24)4-8(21-14(28)7-2-1-3-20-7)15(29)22-9(5-12(19)25)16(30)23-10(17(31)32)6-13(26)27/h7-10,20H,1-6H2,(H2,18,24)(H2,19,25)(H,21,28)(H,22,29)(H,23,30)(H,26,27)(H,31,32). The Morgan fingerprint density at radius 1 is 0.812 bits per heavy atom. The van der Waals surface area contributed by atoms with Crippen LogP contribution in [0.2, 0.25) is 0 Å². The largest absolute Gasteiger partial charge is 0.481 e. The summed E-state index contributed by atoms with van der Waals surface area (Å²) in [5.41, 5.74) is 10.2. The van der Waals surface area contributed by atoms with Gasteiger partial charge in [-0.25, -0.2) is 4.79 Å². The first-order valence-electron chi connectivity index (χ1n) is 9.56. The first-order chi connectivity index (χ1) is 14.9. The highest BCUT2D eigenvalue weighted by atomic mass is 16.4. The number of hydrogen-bond acceptors (Lipinski definition) is 8. The van der Waals surface area contributed by atoms with E-state index in [1.807, 2.05) is 5.32 Å². The first kappa shape index (κ1) is 26.3. The number of primary amides is 2. The number of hydrogen-bond donors (Lipinski definition) is 8. The molecule has 4 unspecified atom stereocenters. The molecule has 1 fully saturated rings. The van der Waals surface area contributed by atoms with Crippen LogP contribution < -0.4 is 32.7 Å². The minimum Gasteiger partial charge on any atom is -0.481 e. The number of nitrogens with one attached hydrogen (secondary N) is 4. The molecule has 0 spiro atoms. The Balaban J connectivity index is 2.95. The van der Waals surface area contributed by atoms with E-state index in [9.17, 15) is 33.6 Å². The van der Waals surface area contributed by atoms with Crippen molar-refractivity contribution in [2.75, 3.05) is 6.54 Å². The van der Waals surface area contributed by atoms with Gasteiger partial charge in [-0.1, -0.05) is 0 Å². The normalized spacial score (nSPS) is 17.9. The second kappa shape index (κ2) is 12.2. The highest BCUT2D eigenvalue weighted by Crippen LogP contribution is 2.06. The number of carboxylic acid groups (broad SMARTS) is 2. The molecule has 1 heterocycles. The van der Waals surface area contributed by atoms with E-state index >= 15 is 0 Å². The summed E-state index contributed by atoms with van der Waals surface area (Å²) in [6.45, 7) is 0.590. The minimum atomic E-state index is -1.85. The fraction of sp³-hybridized carbons (Fsp3) is 0.588. The molecule has 0 bridgehead atoms. The molecule has 1 aliphatic heterocycles. The average Bonchev–Trinajstić information content (AvgIpc) is 3.20. The van der Waals surface area contributed by atoms with Crippen LogP contribution >= 0.6 is 0 Å². The van der Waals surface area contributed by atoms with Crippen molar-refractivity contribution < 1.29 is 43.8 Å². The fourth-order valence-corrected chi connectivity index (χ4v) is 2.92. The summed E-state index contributed by atoms with van der Waals surface area (Å²) in [4.78, 5) is 81.9. The van der Waals surface area contributed by atoms with Crippen LogP contribution in [0.4, 0.5) is 0 Å². The molecule has 1 aliphatic rings. The van der Waals surface area contributed by atoms with E-state index in [0.29, 0.717) is 13.0 Å². The van der Waals surface area contributed by atoms with Crippen LogP contribution in [-0.4, -0.2) is 82.4 Å². The number of aliphatic carboxylic acids is 2. The van der Waals surface area contributed by atoms with Crippen molar-refractivity contribution in [1.29, 1.82) is 0 Å². The van der Waals surface area contributed by atoms with E-state index in [1.54, 1.807) is 0 Å². The predicted molar refractivity (Wildman–Crippen MR) is 104 cm³/mol. The third-order valence-electron chi connectivity index (χ3n) is 4.45. The van der Waals surface area contributed by atoms with Gasteiger partial charge in [-0.3, -0.25) is 28.8 Å². The van der Waals surface area contributed by atoms with Gasteiger partial charge in [0, 0.05) is 0 Å². The van der Waals surface area contributed by atoms with Gasteiger partial charge in [0.2, 0.25) is 29.5 Å². The lowest BCUT2D eigenvalue weighted by Crippen LogP contribution is -2.58. The van der Waals surface area contributed by atoms with Gasteiger partial charge in [-0.05, 0) is 19.4 Å². The number of rotatable bonds is 13. The molecule has 0 aromatic heterocycles. The molecular weight excluding hydrogens is 432 g/mol. The Labute approximate surface area is 181 Å². The number of carboxylic acids is 2. The first-order valence-corrected chi connectivity index (χ1v) is 9.56. The van der Waals surface area contributed by atoms with Crippen LogP contribution in [0.25, 0.3) is 0 Å². The highest BCUT2D eigenvalue weighted by molar-refractivity contribution is 5.98. The van der Waals surface area contributed by atoms with Gasteiger partial charge in [-0.2, -0.15) is 0 Å². The summed E-state index contributed by atoms with van der Waals surface area (Å²) >= 11 is 0. The zero-order valence-electron chi connectivity index (χ0n) is 17.0. The number of carbonyl (C=O) groups is 7. The van der Waals surface area contributed by atoms with Crippen LogP contribution in [0.1, 0.15) is 32.1 Å². The second-order valence-corrected chi connectivity index (χ2v) is 7.11. The summed E-state index contributed by atoms with van der Waals surface area (Å²) in [6, 6.07) is -5.62. The zero-order valence-corrected chi connectivity index (χ0v) is 17.0. The summed E-state index contributed by atoms with van der Waals surface area (Å²) in [6.07, 6.45) is -1.12. The number of carbonyl (C=O) groups excluding carboxylic acids is 5. The van der Waals surface area contributed by atoms with E-state index in [0.717, 1.165) is 6.42 Å². The molecule has 32 heavy (non-hydrogen) atoms. The molecule has 178 valence electrons. The zero-order chi connectivity index (χ0) is 24.4. The smallest absolute Gasteiger partial charge is 0.326 e. The summed E-state index contributed by atoms with van der Waals surface area (Å²) in [7, 11) is 0. The lowest BCUT2D eigenvalue weighted by atomic mass is 10.1. The van der Waals surface area contributed by atoms with E-state index in [4.69, 9.17) is 21.7 Å². The molecule has 1 rings (SSSR count). The van der Waals surface area contributed by atoms with Crippen molar-refractivity contribution in [2.45, 2.75) is 56.3 Å². The van der Waals surface area contributed by atoms with Gasteiger partial charge in [0.15, 0.2) is 0 Å². The van der Waals surface area contributed by atoms with Gasteiger partial charge >= 0.3 is 11.9 Å². The Morgan fingerprint density at radius 3 is 1.72 bits per heavy atom. The van der Waals surface area contributed by atoms with Gasteiger partial charge in [0.25, 0.3) is 0 Å². The van der Waals surface area contributed by atoms with Crippen LogP contribution in [0.3, 0.4) is 0 Å². The highest BCUT2D eigenvalue weighted by Gasteiger charge is 2.33. The molecule has 4 atom stereocenters. The van der Waals surface area contributed by atoms with Crippen LogP contribution in [0.15, 0.2) is 0 Å². The lowest BCUT2D eigenvalue weighted by molar-refractivity contribution is -0.147. The molecule has 1 saturated heterocycles. The molecule has 5 amide bonds. The van der Waals surface area contributed by atoms with Gasteiger partial charge in [0.05, 0.1) is 25.3 Å². The summed E-state index contributed by atoms with van der Waals surface area (Å²) < 4.78 is 0. The maximum absolute atomic E-state index is 12.6. The molecule has 0 aromatic carbocycles. The van der Waals surface area contributed by atoms with Crippen molar-refractivity contribution in [1.82, 2.24) is 21.3 Å². The van der Waals surface area contributed by atoms with E-state index in [1.165, 1.54) is 0 Å². The summed E-state index contributed by atoms with van der Waals surface area (Å²) in [5, 5.41) is 27.0. The van der Waals surface area contributed by atoms with Gasteiger partial charge in [0.1, 0.15) is 18.1 Å². The molecular formula is C17H26N6O9. The third-order valence-corrected chi connectivity index (χ3v) is 4.45. The number of nitrogens with two attached hydrogens (primary N) is 2. The molecule has 0 saturated carbocycles. The van der Waals surface area contributed by atoms with Crippen molar-refractivity contribution in [2.24, 2.45) is 11.5 Å². The molecule has 0 aromatic rings. The number of amides is 5. The lowest BCUT2D eigenvalue weighted by Gasteiger charge is -2.24. The quantitative estimate of drug-likeness (QED) is 0.131. The minimum absolute atomic E-state index is 0.504. The molecule has 0 aliphatic carbocycles. The van der Waals surface area contributed by atoms with Crippen molar-refractivity contribution in [3.63, 3.8) is 0 Å². The van der Waals surface area contributed by atoms with Crippen molar-refractivity contribution in [3.05, 3.63) is 0 Å².